The van der Waals surface area contributed by atoms with Gasteiger partial charge in [-0.05, 0) is 30.3 Å². The summed E-state index contributed by atoms with van der Waals surface area (Å²) < 4.78 is 12.9. The molecule has 0 radical (unpaired) electrons. The van der Waals surface area contributed by atoms with Crippen molar-refractivity contribution in [3.05, 3.63) is 48.4 Å². The lowest BCUT2D eigenvalue weighted by atomic mass is 10.3. The van der Waals surface area contributed by atoms with Crippen LogP contribution in [0, 0.1) is 5.82 Å². The van der Waals surface area contributed by atoms with Crippen molar-refractivity contribution in [1.82, 2.24) is 4.98 Å². The molecule has 0 fully saturated rings. The van der Waals surface area contributed by atoms with Gasteiger partial charge in [0.2, 0.25) is 0 Å². The molecule has 1 heterocycles. The van der Waals surface area contributed by atoms with Gasteiger partial charge < -0.3 is 11.1 Å². The number of nitrogens with zero attached hydrogens (tertiary/aromatic N) is 1. The predicted octanol–water partition coefficient (Wildman–Crippen LogP) is 3.39. The third-order valence-electron chi connectivity index (χ3n) is 1.93. The number of nitrogens with one attached hydrogen (secondary N) is 1. The summed E-state index contributed by atoms with van der Waals surface area (Å²) in [6.45, 7) is 0. The Hall–Kier alpha value is -1.52. The minimum Gasteiger partial charge on any atom is -0.396 e. The van der Waals surface area contributed by atoms with Crippen LogP contribution in [0.3, 0.4) is 0 Å². The molecule has 17 heavy (non-hydrogen) atoms. The van der Waals surface area contributed by atoms with Crippen LogP contribution in [0.4, 0.5) is 21.6 Å². The fourth-order valence-electron chi connectivity index (χ4n) is 1.23. The Bertz CT molecular complexity index is 480. The highest BCUT2D eigenvalue weighted by molar-refractivity contribution is 5.85. The highest BCUT2D eigenvalue weighted by atomic mass is 35.5. The average Bonchev–Trinajstić information content (AvgIpc) is 2.22. The maximum atomic E-state index is 12.9. The summed E-state index contributed by atoms with van der Waals surface area (Å²) in [7, 11) is 0. The number of nitrogens with two attached hydrogens (primary N) is 1. The van der Waals surface area contributed by atoms with Crippen LogP contribution in [-0.2, 0) is 0 Å². The van der Waals surface area contributed by atoms with Crippen LogP contribution in [0.1, 0.15) is 0 Å². The van der Waals surface area contributed by atoms with Crippen LogP contribution < -0.4 is 11.1 Å². The maximum Gasteiger partial charge on any atom is 0.153 e. The minimum absolute atomic E-state index is 0. The molecule has 0 aliphatic rings. The van der Waals surface area contributed by atoms with Gasteiger partial charge in [-0.1, -0.05) is 6.07 Å². The van der Waals surface area contributed by atoms with E-state index in [0.29, 0.717) is 17.2 Å². The monoisotopic (exact) mass is 275 g/mol. The molecule has 1 aromatic heterocycles. The first-order valence-corrected chi connectivity index (χ1v) is 4.49. The zero-order chi connectivity index (χ0) is 10.7. The molecule has 0 bridgehead atoms. The molecular weight excluding hydrogens is 264 g/mol. The number of aromatic nitrogens is 1. The van der Waals surface area contributed by atoms with Gasteiger partial charge in [-0.15, -0.1) is 24.8 Å². The number of hydrogen-bond acceptors (Lipinski definition) is 3. The Morgan fingerprint density at radius 2 is 1.88 bits per heavy atom. The number of hydrogen-bond donors (Lipinski definition) is 2. The summed E-state index contributed by atoms with van der Waals surface area (Å²) in [6.07, 6.45) is 1.62. The van der Waals surface area contributed by atoms with Crippen LogP contribution in [0.5, 0.6) is 0 Å². The fraction of sp³-hybridized carbons (Fsp3) is 0. The number of halogens is 3. The highest BCUT2D eigenvalue weighted by Gasteiger charge is 2.00. The number of benzene rings is 1. The van der Waals surface area contributed by atoms with Crippen LogP contribution in [-0.4, -0.2) is 4.98 Å². The lowest BCUT2D eigenvalue weighted by Crippen LogP contribution is -1.98. The largest absolute Gasteiger partial charge is 0.396 e. The predicted molar refractivity (Wildman–Crippen MR) is 72.8 cm³/mol. The molecule has 0 saturated carbocycles. The number of anilines is 3. The summed E-state index contributed by atoms with van der Waals surface area (Å²) in [5.74, 6) is 0.234. The Morgan fingerprint density at radius 3 is 2.53 bits per heavy atom. The van der Waals surface area contributed by atoms with E-state index in [0.717, 1.165) is 0 Å². The van der Waals surface area contributed by atoms with Crippen LogP contribution >= 0.6 is 24.8 Å². The third-order valence-corrected chi connectivity index (χ3v) is 1.93. The van der Waals surface area contributed by atoms with E-state index in [4.69, 9.17) is 5.73 Å². The quantitative estimate of drug-likeness (QED) is 0.884. The van der Waals surface area contributed by atoms with Crippen molar-refractivity contribution in [1.29, 1.82) is 0 Å². The molecule has 2 aromatic rings. The summed E-state index contributed by atoms with van der Waals surface area (Å²) in [5.41, 5.74) is 6.84. The van der Waals surface area contributed by atoms with Crippen molar-refractivity contribution in [3.63, 3.8) is 0 Å². The van der Waals surface area contributed by atoms with Crippen molar-refractivity contribution in [2.45, 2.75) is 0 Å². The van der Waals surface area contributed by atoms with Gasteiger partial charge in [0, 0.05) is 11.9 Å². The van der Waals surface area contributed by atoms with Crippen molar-refractivity contribution in [3.8, 4) is 0 Å². The lowest BCUT2D eigenvalue weighted by molar-refractivity contribution is 0.628. The van der Waals surface area contributed by atoms with Gasteiger partial charge in [-0.3, -0.25) is 0 Å². The van der Waals surface area contributed by atoms with E-state index in [9.17, 15) is 4.39 Å². The second-order valence-corrected chi connectivity index (χ2v) is 3.08. The van der Waals surface area contributed by atoms with Crippen LogP contribution in [0.15, 0.2) is 42.6 Å². The summed E-state index contributed by atoms with van der Waals surface area (Å²) in [4.78, 5) is 4.04. The topological polar surface area (TPSA) is 50.9 Å². The summed E-state index contributed by atoms with van der Waals surface area (Å²) in [5, 5.41) is 2.94. The van der Waals surface area contributed by atoms with Gasteiger partial charge in [0.1, 0.15) is 5.82 Å². The van der Waals surface area contributed by atoms with Crippen molar-refractivity contribution in [2.24, 2.45) is 0 Å². The van der Waals surface area contributed by atoms with E-state index >= 15 is 0 Å². The van der Waals surface area contributed by atoms with Crippen molar-refractivity contribution in [2.75, 3.05) is 11.1 Å². The molecule has 0 spiro atoms. The van der Waals surface area contributed by atoms with Gasteiger partial charge in [0.15, 0.2) is 5.82 Å². The third kappa shape index (κ3) is 4.09. The Labute approximate surface area is 111 Å². The first-order chi connectivity index (χ1) is 7.25. The van der Waals surface area contributed by atoms with Gasteiger partial charge >= 0.3 is 0 Å². The molecule has 0 saturated heterocycles. The van der Waals surface area contributed by atoms with E-state index in [1.807, 2.05) is 0 Å². The van der Waals surface area contributed by atoms with E-state index in [2.05, 4.69) is 10.3 Å². The van der Waals surface area contributed by atoms with Gasteiger partial charge in [-0.25, -0.2) is 9.37 Å². The molecule has 0 aliphatic carbocycles. The normalized spacial score (nSPS) is 8.76. The highest BCUT2D eigenvalue weighted by Crippen LogP contribution is 2.19. The Kier molecular flexibility index (Phi) is 6.31. The molecule has 6 heteroatoms. The van der Waals surface area contributed by atoms with E-state index < -0.39 is 0 Å². The number of pyridine rings is 1. The lowest BCUT2D eigenvalue weighted by Gasteiger charge is -2.07. The van der Waals surface area contributed by atoms with Gasteiger partial charge in [0.05, 0.1) is 5.69 Å². The Morgan fingerprint density at radius 1 is 1.12 bits per heavy atom. The molecule has 3 nitrogen and oxygen atoms in total. The average molecular weight is 276 g/mol. The van der Waals surface area contributed by atoms with Crippen molar-refractivity contribution >= 4 is 42.0 Å². The molecule has 1 aromatic carbocycles. The number of nitrogen functional groups attached to an aromatic ring is 1. The van der Waals surface area contributed by atoms with E-state index in [1.165, 1.54) is 12.1 Å². The second kappa shape index (κ2) is 6.93. The summed E-state index contributed by atoms with van der Waals surface area (Å²) in [6, 6.07) is 9.61. The van der Waals surface area contributed by atoms with E-state index in [1.54, 1.807) is 30.5 Å². The fourth-order valence-corrected chi connectivity index (χ4v) is 1.23. The van der Waals surface area contributed by atoms with Crippen molar-refractivity contribution < 1.29 is 4.39 Å². The zero-order valence-corrected chi connectivity index (χ0v) is 10.4. The SMILES string of the molecule is Cl.Cl.Nc1cccnc1Nc1cccc(F)c1. The first-order valence-electron chi connectivity index (χ1n) is 4.49. The molecule has 0 aliphatic heterocycles. The molecule has 0 amide bonds. The van der Waals surface area contributed by atoms with Crippen LogP contribution in [0.25, 0.3) is 0 Å². The number of rotatable bonds is 2. The molecule has 2 rings (SSSR count). The summed E-state index contributed by atoms with van der Waals surface area (Å²) >= 11 is 0. The molecular formula is C11H12Cl2FN3. The van der Waals surface area contributed by atoms with Crippen LogP contribution in [0.2, 0.25) is 0 Å². The van der Waals surface area contributed by atoms with Gasteiger partial charge in [-0.2, -0.15) is 0 Å². The minimum atomic E-state index is -0.297. The zero-order valence-electron chi connectivity index (χ0n) is 8.76. The second-order valence-electron chi connectivity index (χ2n) is 3.08. The smallest absolute Gasteiger partial charge is 0.153 e. The Balaban J connectivity index is 0.00000128. The standard InChI is InChI=1S/C11H10FN3.2ClH/c12-8-3-1-4-9(7-8)15-11-10(13)5-2-6-14-11;;/h1-7H,13H2,(H,14,15);2*1H. The van der Waals surface area contributed by atoms with E-state index in [-0.39, 0.29) is 30.6 Å². The molecule has 0 unspecified atom stereocenters. The molecule has 92 valence electrons. The first kappa shape index (κ1) is 15.5. The molecule has 3 N–H and O–H groups in total. The molecule has 0 atom stereocenters. The van der Waals surface area contributed by atoms with Gasteiger partial charge in [0.25, 0.3) is 0 Å². The maximum absolute atomic E-state index is 12.9.